The Labute approximate surface area is 88.4 Å². The van der Waals surface area contributed by atoms with Gasteiger partial charge in [-0.05, 0) is 11.4 Å². The van der Waals surface area contributed by atoms with Crippen LogP contribution in [-0.2, 0) is 0 Å². The number of thiophene rings is 1. The van der Waals surface area contributed by atoms with Gasteiger partial charge in [-0.15, -0.1) is 24.5 Å². The van der Waals surface area contributed by atoms with E-state index in [2.05, 4.69) is 24.1 Å². The number of nitrogens with zero attached hydrogens (tertiary/aromatic N) is 2. The van der Waals surface area contributed by atoms with Crippen LogP contribution in [0.5, 0.6) is 0 Å². The molecule has 3 heteroatoms. The second-order valence-electron chi connectivity index (χ2n) is 2.73. The fourth-order valence-electron chi connectivity index (χ4n) is 1.18. The van der Waals surface area contributed by atoms with E-state index in [0.29, 0.717) is 0 Å². The van der Waals surface area contributed by atoms with Crippen LogP contribution in [-0.4, -0.2) is 13.1 Å². The number of hydrogen-bond donors (Lipinski definition) is 0. The van der Waals surface area contributed by atoms with E-state index in [1.54, 1.807) is 11.3 Å². The molecule has 1 aromatic heterocycles. The van der Waals surface area contributed by atoms with Gasteiger partial charge in [0.05, 0.1) is 5.56 Å². The summed E-state index contributed by atoms with van der Waals surface area (Å²) in [6, 6.07) is 4.01. The summed E-state index contributed by atoms with van der Waals surface area (Å²) in [5.41, 5.74) is 0.721. The molecule has 14 heavy (non-hydrogen) atoms. The molecule has 0 bridgehead atoms. The summed E-state index contributed by atoms with van der Waals surface area (Å²) < 4.78 is 0. The molecule has 1 aromatic rings. The molecule has 2 nitrogen and oxygen atoms in total. The number of anilines is 1. The summed E-state index contributed by atoms with van der Waals surface area (Å²) in [7, 11) is 0. The lowest BCUT2D eigenvalue weighted by atomic mass is 10.3. The second kappa shape index (κ2) is 5.25. The third-order valence-electron chi connectivity index (χ3n) is 1.75. The Hall–Kier alpha value is -1.53. The van der Waals surface area contributed by atoms with Gasteiger partial charge in [0.15, 0.2) is 0 Å². The van der Waals surface area contributed by atoms with E-state index in [4.69, 9.17) is 5.26 Å². The van der Waals surface area contributed by atoms with E-state index in [9.17, 15) is 0 Å². The SMILES string of the molecule is C=CCN(CC=C)c1sccc1C#N. The molecule has 0 atom stereocenters. The van der Waals surface area contributed by atoms with Crippen LogP contribution in [0, 0.1) is 11.3 Å². The lowest BCUT2D eigenvalue weighted by molar-refractivity contribution is 0.968. The normalized spacial score (nSPS) is 9.07. The largest absolute Gasteiger partial charge is 0.355 e. The molecule has 0 aliphatic rings. The summed E-state index contributed by atoms with van der Waals surface area (Å²) in [6.45, 7) is 8.86. The standard InChI is InChI=1S/C11H12N2S/c1-3-6-13(7-4-2)11-10(9-12)5-8-14-11/h3-5,8H,1-2,6-7H2. The van der Waals surface area contributed by atoms with Gasteiger partial charge in [-0.2, -0.15) is 5.26 Å². The average Bonchev–Trinajstić information content (AvgIpc) is 2.65. The van der Waals surface area contributed by atoms with E-state index >= 15 is 0 Å². The Morgan fingerprint density at radius 1 is 1.43 bits per heavy atom. The Kier molecular flexibility index (Phi) is 3.96. The quantitative estimate of drug-likeness (QED) is 0.690. The van der Waals surface area contributed by atoms with Crippen molar-refractivity contribution in [3.05, 3.63) is 42.3 Å². The molecule has 0 radical (unpaired) electrons. The molecule has 0 amide bonds. The first-order chi connectivity index (χ1) is 6.83. The lowest BCUT2D eigenvalue weighted by Crippen LogP contribution is -2.22. The highest BCUT2D eigenvalue weighted by molar-refractivity contribution is 7.14. The number of hydrogen-bond acceptors (Lipinski definition) is 3. The third-order valence-corrected chi connectivity index (χ3v) is 2.72. The molecule has 0 aromatic carbocycles. The van der Waals surface area contributed by atoms with Crippen LogP contribution in [0.2, 0.25) is 0 Å². The molecular formula is C11H12N2S. The van der Waals surface area contributed by atoms with Crippen LogP contribution < -0.4 is 4.90 Å². The molecule has 0 aliphatic carbocycles. The molecular weight excluding hydrogens is 192 g/mol. The Morgan fingerprint density at radius 2 is 2.07 bits per heavy atom. The monoisotopic (exact) mass is 204 g/mol. The van der Waals surface area contributed by atoms with E-state index in [0.717, 1.165) is 23.7 Å². The van der Waals surface area contributed by atoms with Crippen molar-refractivity contribution in [2.24, 2.45) is 0 Å². The van der Waals surface area contributed by atoms with Gasteiger partial charge in [0, 0.05) is 13.1 Å². The van der Waals surface area contributed by atoms with Crippen molar-refractivity contribution in [2.45, 2.75) is 0 Å². The lowest BCUT2D eigenvalue weighted by Gasteiger charge is -2.19. The molecule has 0 spiro atoms. The maximum atomic E-state index is 8.87. The molecule has 0 fully saturated rings. The minimum atomic E-state index is 0.721. The Morgan fingerprint density at radius 3 is 2.57 bits per heavy atom. The fourth-order valence-corrected chi connectivity index (χ4v) is 2.06. The first-order valence-corrected chi connectivity index (χ1v) is 5.15. The number of nitriles is 1. The first kappa shape index (κ1) is 10.6. The molecule has 0 saturated heterocycles. The molecule has 0 unspecified atom stereocenters. The van der Waals surface area contributed by atoms with Gasteiger partial charge in [-0.25, -0.2) is 0 Å². The van der Waals surface area contributed by atoms with Gasteiger partial charge in [0.1, 0.15) is 11.1 Å². The summed E-state index contributed by atoms with van der Waals surface area (Å²) in [5.74, 6) is 0. The van der Waals surface area contributed by atoms with Crippen LogP contribution in [0.15, 0.2) is 36.8 Å². The fraction of sp³-hybridized carbons (Fsp3) is 0.182. The highest BCUT2D eigenvalue weighted by Gasteiger charge is 2.09. The summed E-state index contributed by atoms with van der Waals surface area (Å²) in [6.07, 6.45) is 3.65. The van der Waals surface area contributed by atoms with Gasteiger partial charge in [-0.3, -0.25) is 0 Å². The van der Waals surface area contributed by atoms with Crippen molar-refractivity contribution in [1.29, 1.82) is 5.26 Å². The predicted molar refractivity (Wildman–Crippen MR) is 61.6 cm³/mol. The zero-order chi connectivity index (χ0) is 10.4. The van der Waals surface area contributed by atoms with Crippen LogP contribution in [0.1, 0.15) is 5.56 Å². The van der Waals surface area contributed by atoms with E-state index < -0.39 is 0 Å². The van der Waals surface area contributed by atoms with Crippen molar-refractivity contribution < 1.29 is 0 Å². The molecule has 1 rings (SSSR count). The van der Waals surface area contributed by atoms with Crippen molar-refractivity contribution >= 4 is 16.3 Å². The molecule has 0 aliphatic heterocycles. The molecule has 72 valence electrons. The van der Waals surface area contributed by atoms with Crippen LogP contribution in [0.3, 0.4) is 0 Å². The second-order valence-corrected chi connectivity index (χ2v) is 3.63. The zero-order valence-corrected chi connectivity index (χ0v) is 8.76. The zero-order valence-electron chi connectivity index (χ0n) is 7.94. The first-order valence-electron chi connectivity index (χ1n) is 4.27. The van der Waals surface area contributed by atoms with Gasteiger partial charge in [0.25, 0.3) is 0 Å². The topological polar surface area (TPSA) is 27.0 Å². The van der Waals surface area contributed by atoms with E-state index in [1.165, 1.54) is 0 Å². The van der Waals surface area contributed by atoms with Gasteiger partial charge < -0.3 is 4.90 Å². The summed E-state index contributed by atoms with van der Waals surface area (Å²) >= 11 is 1.57. The smallest absolute Gasteiger partial charge is 0.110 e. The third kappa shape index (κ3) is 2.24. The maximum Gasteiger partial charge on any atom is 0.110 e. The average molecular weight is 204 g/mol. The number of rotatable bonds is 5. The van der Waals surface area contributed by atoms with E-state index in [1.807, 2.05) is 23.6 Å². The van der Waals surface area contributed by atoms with Gasteiger partial charge in [-0.1, -0.05) is 12.2 Å². The molecule has 1 heterocycles. The van der Waals surface area contributed by atoms with Crippen molar-refractivity contribution in [2.75, 3.05) is 18.0 Å². The summed E-state index contributed by atoms with van der Waals surface area (Å²) in [4.78, 5) is 2.07. The van der Waals surface area contributed by atoms with Crippen LogP contribution >= 0.6 is 11.3 Å². The van der Waals surface area contributed by atoms with Gasteiger partial charge >= 0.3 is 0 Å². The van der Waals surface area contributed by atoms with Crippen molar-refractivity contribution in [3.63, 3.8) is 0 Å². The highest BCUT2D eigenvalue weighted by atomic mass is 32.1. The van der Waals surface area contributed by atoms with Crippen molar-refractivity contribution in [3.8, 4) is 6.07 Å². The minimum absolute atomic E-state index is 0.721. The van der Waals surface area contributed by atoms with E-state index in [-0.39, 0.29) is 0 Å². The highest BCUT2D eigenvalue weighted by Crippen LogP contribution is 2.26. The molecule has 0 saturated carbocycles. The van der Waals surface area contributed by atoms with Crippen molar-refractivity contribution in [1.82, 2.24) is 0 Å². The van der Waals surface area contributed by atoms with Crippen LogP contribution in [0.25, 0.3) is 0 Å². The summed E-state index contributed by atoms with van der Waals surface area (Å²) in [5, 5.41) is 11.8. The van der Waals surface area contributed by atoms with Gasteiger partial charge in [0.2, 0.25) is 0 Å². The molecule has 0 N–H and O–H groups in total. The minimum Gasteiger partial charge on any atom is -0.355 e. The Bertz CT molecular complexity index is 350. The Balaban J connectivity index is 2.92. The predicted octanol–water partition coefficient (Wildman–Crippen LogP) is 2.80. The maximum absolute atomic E-state index is 8.87. The van der Waals surface area contributed by atoms with Crippen LogP contribution in [0.4, 0.5) is 5.00 Å².